The van der Waals surface area contributed by atoms with Crippen molar-refractivity contribution < 1.29 is 9.32 Å². The highest BCUT2D eigenvalue weighted by atomic mass is 16.5. The van der Waals surface area contributed by atoms with Crippen LogP contribution in [0.25, 0.3) is 22.2 Å². The molecule has 2 aromatic heterocycles. The Morgan fingerprint density at radius 1 is 1.41 bits per heavy atom. The summed E-state index contributed by atoms with van der Waals surface area (Å²) in [5.41, 5.74) is 5.38. The molecule has 6 nitrogen and oxygen atoms in total. The Morgan fingerprint density at radius 3 is 3.05 bits per heavy atom. The molecule has 22 heavy (non-hydrogen) atoms. The zero-order valence-electron chi connectivity index (χ0n) is 12.4. The molecule has 0 radical (unpaired) electrons. The molecule has 3 aromatic rings. The maximum atomic E-state index is 12.0. The summed E-state index contributed by atoms with van der Waals surface area (Å²) >= 11 is 0. The highest BCUT2D eigenvalue weighted by molar-refractivity contribution is 5.97. The Labute approximate surface area is 127 Å². The van der Waals surface area contributed by atoms with Gasteiger partial charge in [0.05, 0.1) is 0 Å². The van der Waals surface area contributed by atoms with Gasteiger partial charge in [-0.05, 0) is 19.4 Å². The summed E-state index contributed by atoms with van der Waals surface area (Å²) in [4.78, 5) is 15.1. The second kappa shape index (κ2) is 5.85. The molecule has 1 aromatic carbocycles. The van der Waals surface area contributed by atoms with Crippen LogP contribution in [0, 0.1) is 0 Å². The summed E-state index contributed by atoms with van der Waals surface area (Å²) in [6.07, 6.45) is 2.62. The predicted molar refractivity (Wildman–Crippen MR) is 84.7 cm³/mol. The number of aromatic amines is 1. The molecule has 0 fully saturated rings. The van der Waals surface area contributed by atoms with E-state index in [9.17, 15) is 4.79 Å². The molecular weight excluding hydrogens is 280 g/mol. The number of para-hydroxylation sites is 1. The molecule has 0 saturated carbocycles. The first kappa shape index (κ1) is 14.1. The van der Waals surface area contributed by atoms with Crippen LogP contribution in [0.5, 0.6) is 0 Å². The number of rotatable bonds is 4. The Kier molecular flexibility index (Phi) is 3.74. The van der Waals surface area contributed by atoms with E-state index in [1.807, 2.05) is 44.3 Å². The van der Waals surface area contributed by atoms with Gasteiger partial charge in [-0.25, -0.2) is 5.43 Å². The number of hydrazone groups is 1. The van der Waals surface area contributed by atoms with Gasteiger partial charge in [0.15, 0.2) is 11.5 Å². The van der Waals surface area contributed by atoms with Crippen LogP contribution in [0.2, 0.25) is 0 Å². The molecular formula is C16H16N4O2. The number of carbonyl (C=O) groups excluding carboxylic acids is 1. The van der Waals surface area contributed by atoms with Gasteiger partial charge in [-0.1, -0.05) is 30.3 Å². The maximum absolute atomic E-state index is 12.0. The summed E-state index contributed by atoms with van der Waals surface area (Å²) in [5.74, 6) is 0.154. The number of nitrogens with zero attached hydrogens (tertiary/aromatic N) is 2. The average molecular weight is 296 g/mol. The number of H-pyrrole nitrogens is 1. The molecule has 0 saturated heterocycles. The Bertz CT molecular complexity index is 845. The van der Waals surface area contributed by atoms with Crippen LogP contribution in [-0.2, 0) is 0 Å². The summed E-state index contributed by atoms with van der Waals surface area (Å²) in [6.45, 7) is 3.82. The summed E-state index contributed by atoms with van der Waals surface area (Å²) in [6, 6.07) is 9.48. The lowest BCUT2D eigenvalue weighted by atomic mass is 10.1. The number of hydrogen-bond acceptors (Lipinski definition) is 4. The zero-order chi connectivity index (χ0) is 15.5. The molecule has 0 aliphatic rings. The van der Waals surface area contributed by atoms with Gasteiger partial charge in [-0.3, -0.25) is 4.79 Å². The largest absolute Gasteiger partial charge is 0.360 e. The zero-order valence-corrected chi connectivity index (χ0v) is 12.4. The fourth-order valence-corrected chi connectivity index (χ4v) is 2.07. The van der Waals surface area contributed by atoms with E-state index in [1.165, 1.54) is 0 Å². The monoisotopic (exact) mass is 296 g/mol. The molecule has 0 atom stereocenters. The number of carbonyl (C=O) groups is 1. The molecule has 0 spiro atoms. The van der Waals surface area contributed by atoms with Gasteiger partial charge in [-0.15, -0.1) is 0 Å². The molecule has 2 heterocycles. The number of benzene rings is 1. The Morgan fingerprint density at radius 2 is 2.23 bits per heavy atom. The minimum Gasteiger partial charge on any atom is -0.360 e. The van der Waals surface area contributed by atoms with Crippen LogP contribution in [0.3, 0.4) is 0 Å². The Balaban J connectivity index is 1.86. The van der Waals surface area contributed by atoms with Crippen molar-refractivity contribution in [3.8, 4) is 11.3 Å². The van der Waals surface area contributed by atoms with E-state index in [1.54, 1.807) is 6.07 Å². The van der Waals surface area contributed by atoms with Gasteiger partial charge in [0.1, 0.15) is 0 Å². The third-order valence-corrected chi connectivity index (χ3v) is 3.46. The van der Waals surface area contributed by atoms with Crippen LogP contribution in [0.15, 0.2) is 46.2 Å². The number of hydrogen-bond donors (Lipinski definition) is 2. The highest BCUT2D eigenvalue weighted by Gasteiger charge is 2.15. The third kappa shape index (κ3) is 2.63. The molecule has 0 aliphatic carbocycles. The molecule has 3 rings (SSSR count). The SMILES string of the molecule is CC/C(C)=N/NC(=O)c1cc(-c2c[nH]c3ccccc23)on1. The van der Waals surface area contributed by atoms with Crippen LogP contribution in [0.4, 0.5) is 0 Å². The van der Waals surface area contributed by atoms with Crippen molar-refractivity contribution in [1.29, 1.82) is 0 Å². The number of nitrogens with one attached hydrogen (secondary N) is 2. The Hall–Kier alpha value is -2.89. The molecule has 0 aliphatic heterocycles. The minimum atomic E-state index is -0.386. The molecule has 2 N–H and O–H groups in total. The van der Waals surface area contributed by atoms with Crippen LogP contribution in [-0.4, -0.2) is 21.8 Å². The molecule has 0 unspecified atom stereocenters. The van der Waals surface area contributed by atoms with Gasteiger partial charge >= 0.3 is 0 Å². The number of aromatic nitrogens is 2. The first-order chi connectivity index (χ1) is 10.7. The topological polar surface area (TPSA) is 83.3 Å². The van der Waals surface area contributed by atoms with E-state index in [2.05, 4.69) is 20.7 Å². The van der Waals surface area contributed by atoms with Crippen LogP contribution < -0.4 is 5.43 Å². The second-order valence-electron chi connectivity index (χ2n) is 4.97. The third-order valence-electron chi connectivity index (χ3n) is 3.46. The minimum absolute atomic E-state index is 0.202. The number of amides is 1. The van der Waals surface area contributed by atoms with Gasteiger partial charge in [0, 0.05) is 34.4 Å². The van der Waals surface area contributed by atoms with Crippen molar-refractivity contribution in [2.75, 3.05) is 0 Å². The summed E-state index contributed by atoms with van der Waals surface area (Å²) in [5, 5.41) is 8.80. The van der Waals surface area contributed by atoms with Crippen LogP contribution in [0.1, 0.15) is 30.8 Å². The second-order valence-corrected chi connectivity index (χ2v) is 4.97. The van der Waals surface area contributed by atoms with E-state index < -0.39 is 0 Å². The van der Waals surface area contributed by atoms with Gasteiger partial charge in [0.25, 0.3) is 5.91 Å². The van der Waals surface area contributed by atoms with Crippen molar-refractivity contribution in [2.24, 2.45) is 5.10 Å². The quantitative estimate of drug-likeness (QED) is 0.572. The van der Waals surface area contributed by atoms with Crippen molar-refractivity contribution >= 4 is 22.5 Å². The summed E-state index contributed by atoms with van der Waals surface area (Å²) < 4.78 is 5.29. The molecule has 6 heteroatoms. The maximum Gasteiger partial charge on any atom is 0.293 e. The van der Waals surface area contributed by atoms with E-state index in [4.69, 9.17) is 4.52 Å². The number of fused-ring (bicyclic) bond motifs is 1. The molecule has 112 valence electrons. The fourth-order valence-electron chi connectivity index (χ4n) is 2.07. The van der Waals surface area contributed by atoms with Crippen molar-refractivity contribution in [1.82, 2.24) is 15.6 Å². The van der Waals surface area contributed by atoms with Gasteiger partial charge < -0.3 is 9.51 Å². The lowest BCUT2D eigenvalue weighted by molar-refractivity contribution is 0.0946. The van der Waals surface area contributed by atoms with Crippen molar-refractivity contribution in [3.63, 3.8) is 0 Å². The first-order valence-electron chi connectivity index (χ1n) is 7.05. The van der Waals surface area contributed by atoms with Gasteiger partial charge in [-0.2, -0.15) is 5.10 Å². The van der Waals surface area contributed by atoms with Gasteiger partial charge in [0.2, 0.25) is 0 Å². The fraction of sp³-hybridized carbons (Fsp3) is 0.188. The van der Waals surface area contributed by atoms with E-state index in [0.29, 0.717) is 5.76 Å². The predicted octanol–water partition coefficient (Wildman–Crippen LogP) is 3.34. The highest BCUT2D eigenvalue weighted by Crippen LogP contribution is 2.28. The lowest BCUT2D eigenvalue weighted by Crippen LogP contribution is -2.19. The van der Waals surface area contributed by atoms with Crippen molar-refractivity contribution in [3.05, 3.63) is 42.2 Å². The lowest BCUT2D eigenvalue weighted by Gasteiger charge is -1.96. The van der Waals surface area contributed by atoms with Crippen molar-refractivity contribution in [2.45, 2.75) is 20.3 Å². The smallest absolute Gasteiger partial charge is 0.293 e. The summed E-state index contributed by atoms with van der Waals surface area (Å²) in [7, 11) is 0. The van der Waals surface area contributed by atoms with E-state index >= 15 is 0 Å². The standard InChI is InChI=1S/C16H16N4O2/c1-3-10(2)18-19-16(21)14-8-15(22-20-14)12-9-17-13-7-5-4-6-11(12)13/h4-9,17H,3H2,1-2H3,(H,19,21)/b18-10+. The van der Waals surface area contributed by atoms with Crippen LogP contribution >= 0.6 is 0 Å². The van der Waals surface area contributed by atoms with E-state index in [-0.39, 0.29) is 11.6 Å². The normalized spacial score (nSPS) is 11.8. The van der Waals surface area contributed by atoms with E-state index in [0.717, 1.165) is 28.6 Å². The average Bonchev–Trinajstić information content (AvgIpc) is 3.18. The molecule has 1 amide bonds. The first-order valence-corrected chi connectivity index (χ1v) is 7.05. The molecule has 0 bridgehead atoms.